The van der Waals surface area contributed by atoms with Crippen molar-refractivity contribution in [1.82, 2.24) is 14.9 Å². The van der Waals surface area contributed by atoms with Gasteiger partial charge in [0.25, 0.3) is 0 Å². The van der Waals surface area contributed by atoms with Crippen LogP contribution in [0.5, 0.6) is 0 Å². The first-order valence-electron chi connectivity index (χ1n) is 7.16. The van der Waals surface area contributed by atoms with Gasteiger partial charge < -0.3 is 9.88 Å². The van der Waals surface area contributed by atoms with Crippen molar-refractivity contribution in [3.8, 4) is 0 Å². The minimum absolute atomic E-state index is 0.710. The molecule has 3 nitrogen and oxygen atoms in total. The van der Waals surface area contributed by atoms with Crippen molar-refractivity contribution in [2.75, 3.05) is 0 Å². The fraction of sp³-hybridized carbons (Fsp3) is 0.438. The highest BCUT2D eigenvalue weighted by molar-refractivity contribution is 5.26. The summed E-state index contributed by atoms with van der Waals surface area (Å²) in [5.41, 5.74) is 4.14. The Morgan fingerprint density at radius 3 is 2.74 bits per heavy atom. The molecule has 1 aliphatic rings. The molecule has 1 N–H and O–H groups in total. The summed E-state index contributed by atoms with van der Waals surface area (Å²) < 4.78 is 2.32. The Morgan fingerprint density at radius 1 is 1.21 bits per heavy atom. The van der Waals surface area contributed by atoms with E-state index in [9.17, 15) is 0 Å². The fourth-order valence-electron chi connectivity index (χ4n) is 2.55. The van der Waals surface area contributed by atoms with E-state index in [1.165, 1.54) is 29.7 Å². The molecule has 0 spiro atoms. The number of nitrogens with one attached hydrogen (secondary N) is 1. The Kier molecular flexibility index (Phi) is 3.65. The Labute approximate surface area is 114 Å². The van der Waals surface area contributed by atoms with Crippen LogP contribution in [0.1, 0.15) is 42.6 Å². The van der Waals surface area contributed by atoms with E-state index in [0.29, 0.717) is 6.04 Å². The van der Waals surface area contributed by atoms with Crippen molar-refractivity contribution < 1.29 is 0 Å². The third-order valence-corrected chi connectivity index (χ3v) is 3.81. The molecule has 0 bridgehead atoms. The summed E-state index contributed by atoms with van der Waals surface area (Å²) in [5.74, 6) is 0. The van der Waals surface area contributed by atoms with Crippen molar-refractivity contribution in [2.45, 2.75) is 45.3 Å². The molecule has 0 unspecified atom stereocenters. The highest BCUT2D eigenvalue weighted by Gasteiger charge is 2.24. The molecule has 0 saturated heterocycles. The summed E-state index contributed by atoms with van der Waals surface area (Å²) in [7, 11) is 0. The van der Waals surface area contributed by atoms with E-state index in [0.717, 1.165) is 19.5 Å². The van der Waals surface area contributed by atoms with Gasteiger partial charge in [0.15, 0.2) is 0 Å². The maximum absolute atomic E-state index is 4.27. The normalized spacial score (nSPS) is 14.8. The molecule has 1 fully saturated rings. The van der Waals surface area contributed by atoms with Gasteiger partial charge in [-0.05, 0) is 30.4 Å². The highest BCUT2D eigenvalue weighted by atomic mass is 15.1. The summed E-state index contributed by atoms with van der Waals surface area (Å²) in [6.07, 6.45) is 7.66. The Hall–Kier alpha value is -1.61. The van der Waals surface area contributed by atoms with Crippen molar-refractivity contribution in [3.05, 3.63) is 53.6 Å². The molecule has 0 atom stereocenters. The van der Waals surface area contributed by atoms with E-state index < -0.39 is 0 Å². The second kappa shape index (κ2) is 5.57. The van der Waals surface area contributed by atoms with Gasteiger partial charge in [-0.25, -0.2) is 4.98 Å². The molecule has 0 amide bonds. The van der Waals surface area contributed by atoms with Crippen LogP contribution >= 0.6 is 0 Å². The number of aryl methyl sites for hydroxylation is 1. The molecule has 2 aromatic rings. The largest absolute Gasteiger partial charge is 0.330 e. The molecule has 100 valence electrons. The Bertz CT molecular complexity index is 540. The minimum Gasteiger partial charge on any atom is -0.330 e. The van der Waals surface area contributed by atoms with Crippen LogP contribution in [0.2, 0.25) is 0 Å². The summed E-state index contributed by atoms with van der Waals surface area (Å²) in [4.78, 5) is 4.27. The van der Waals surface area contributed by atoms with Gasteiger partial charge in [-0.15, -0.1) is 0 Å². The zero-order valence-electron chi connectivity index (χ0n) is 11.5. The van der Waals surface area contributed by atoms with Gasteiger partial charge in [-0.1, -0.05) is 31.2 Å². The Morgan fingerprint density at radius 2 is 2.00 bits per heavy atom. The molecule has 1 aromatic heterocycles. The highest BCUT2D eigenvalue weighted by Crippen LogP contribution is 2.35. The number of aromatic nitrogens is 2. The first-order valence-corrected chi connectivity index (χ1v) is 7.16. The third kappa shape index (κ3) is 2.87. The number of hydrogen-bond donors (Lipinski definition) is 1. The van der Waals surface area contributed by atoms with Crippen molar-refractivity contribution in [1.29, 1.82) is 0 Å². The molecule has 19 heavy (non-hydrogen) atoms. The maximum atomic E-state index is 4.27. The molecular formula is C16H21N3. The standard InChI is InChI=1S/C16H21N3/c1-2-13-5-3-4-6-14(13)9-17-10-16-11-18-12-19(16)15-7-8-15/h3-6,11-12,15,17H,2,7-10H2,1H3. The summed E-state index contributed by atoms with van der Waals surface area (Å²) >= 11 is 0. The van der Waals surface area contributed by atoms with Gasteiger partial charge in [0, 0.05) is 25.3 Å². The minimum atomic E-state index is 0.710. The smallest absolute Gasteiger partial charge is 0.0951 e. The molecule has 1 aromatic carbocycles. The first-order chi connectivity index (χ1) is 9.38. The lowest BCUT2D eigenvalue weighted by atomic mass is 10.1. The summed E-state index contributed by atoms with van der Waals surface area (Å²) in [6, 6.07) is 9.37. The van der Waals surface area contributed by atoms with Crippen LogP contribution in [-0.4, -0.2) is 9.55 Å². The van der Waals surface area contributed by atoms with Gasteiger partial charge in [0.1, 0.15) is 0 Å². The lowest BCUT2D eigenvalue weighted by molar-refractivity contribution is 0.619. The first kappa shape index (κ1) is 12.4. The molecule has 1 aliphatic carbocycles. The van der Waals surface area contributed by atoms with Crippen LogP contribution in [-0.2, 0) is 19.5 Å². The zero-order chi connectivity index (χ0) is 13.1. The lowest BCUT2D eigenvalue weighted by Gasteiger charge is -2.10. The average Bonchev–Trinajstić information content (AvgIpc) is 3.19. The third-order valence-electron chi connectivity index (χ3n) is 3.81. The number of rotatable bonds is 6. The van der Waals surface area contributed by atoms with Gasteiger partial charge in [-0.3, -0.25) is 0 Å². The number of benzene rings is 1. The molecule has 3 heteroatoms. The molecule has 0 aliphatic heterocycles. The predicted molar refractivity (Wildman–Crippen MR) is 76.9 cm³/mol. The van der Waals surface area contributed by atoms with Gasteiger partial charge in [0.2, 0.25) is 0 Å². The van der Waals surface area contributed by atoms with E-state index in [2.05, 4.69) is 46.1 Å². The van der Waals surface area contributed by atoms with Gasteiger partial charge in [-0.2, -0.15) is 0 Å². The maximum Gasteiger partial charge on any atom is 0.0951 e. The van der Waals surface area contributed by atoms with Gasteiger partial charge >= 0.3 is 0 Å². The monoisotopic (exact) mass is 255 g/mol. The molecular weight excluding hydrogens is 234 g/mol. The van der Waals surface area contributed by atoms with Crippen molar-refractivity contribution >= 4 is 0 Å². The zero-order valence-corrected chi connectivity index (χ0v) is 11.5. The van der Waals surface area contributed by atoms with Crippen LogP contribution in [0.4, 0.5) is 0 Å². The quantitative estimate of drug-likeness (QED) is 0.859. The summed E-state index contributed by atoms with van der Waals surface area (Å²) in [5, 5.41) is 3.54. The van der Waals surface area contributed by atoms with E-state index in [1.54, 1.807) is 0 Å². The second-order valence-corrected chi connectivity index (χ2v) is 5.25. The number of imidazole rings is 1. The van der Waals surface area contributed by atoms with Crippen molar-refractivity contribution in [2.24, 2.45) is 0 Å². The van der Waals surface area contributed by atoms with Crippen LogP contribution in [0.15, 0.2) is 36.8 Å². The van der Waals surface area contributed by atoms with E-state index in [1.807, 2.05) is 12.5 Å². The molecule has 0 radical (unpaired) electrons. The molecule has 1 heterocycles. The van der Waals surface area contributed by atoms with Crippen LogP contribution < -0.4 is 5.32 Å². The second-order valence-electron chi connectivity index (χ2n) is 5.25. The number of hydrogen-bond acceptors (Lipinski definition) is 2. The van der Waals surface area contributed by atoms with E-state index in [-0.39, 0.29) is 0 Å². The van der Waals surface area contributed by atoms with E-state index >= 15 is 0 Å². The lowest BCUT2D eigenvalue weighted by Crippen LogP contribution is -2.16. The van der Waals surface area contributed by atoms with Gasteiger partial charge in [0.05, 0.1) is 12.0 Å². The van der Waals surface area contributed by atoms with Crippen LogP contribution in [0.3, 0.4) is 0 Å². The fourth-order valence-corrected chi connectivity index (χ4v) is 2.55. The molecule has 3 rings (SSSR count). The number of nitrogens with zero attached hydrogens (tertiary/aromatic N) is 2. The van der Waals surface area contributed by atoms with Crippen LogP contribution in [0.25, 0.3) is 0 Å². The average molecular weight is 255 g/mol. The Balaban J connectivity index is 1.59. The van der Waals surface area contributed by atoms with Crippen LogP contribution in [0, 0.1) is 0 Å². The van der Waals surface area contributed by atoms with E-state index in [4.69, 9.17) is 0 Å². The van der Waals surface area contributed by atoms with Crippen molar-refractivity contribution in [3.63, 3.8) is 0 Å². The predicted octanol–water partition coefficient (Wildman–Crippen LogP) is 3.07. The SMILES string of the molecule is CCc1ccccc1CNCc1cncn1C1CC1. The topological polar surface area (TPSA) is 29.9 Å². The molecule has 1 saturated carbocycles. The summed E-state index contributed by atoms with van der Waals surface area (Å²) in [6.45, 7) is 4.04.